The van der Waals surface area contributed by atoms with E-state index in [-0.39, 0.29) is 5.41 Å². The molecule has 6 nitrogen and oxygen atoms in total. The Hall–Kier alpha value is -2.17. The molecule has 1 fully saturated rings. The second-order valence-corrected chi connectivity index (χ2v) is 11.4. The van der Waals surface area contributed by atoms with Crippen LogP contribution < -0.4 is 5.32 Å². The van der Waals surface area contributed by atoms with Crippen LogP contribution in [-0.2, 0) is 16.5 Å². The second-order valence-electron chi connectivity index (χ2n) is 8.21. The van der Waals surface area contributed by atoms with Gasteiger partial charge in [-0.1, -0.05) is 0 Å². The van der Waals surface area contributed by atoms with E-state index in [2.05, 4.69) is 32.1 Å². The lowest BCUT2D eigenvalue weighted by Gasteiger charge is -2.20. The van der Waals surface area contributed by atoms with Gasteiger partial charge in [0.2, 0.25) is 0 Å². The number of H-pyrrole nitrogens is 1. The Bertz CT molecular complexity index is 1100. The van der Waals surface area contributed by atoms with E-state index in [9.17, 15) is 4.57 Å². The number of hydrogen-bond donors (Lipinski definition) is 2. The first kappa shape index (κ1) is 17.0. The molecular weight excluding hydrogens is 357 g/mol. The van der Waals surface area contributed by atoms with Crippen LogP contribution in [0.25, 0.3) is 28.4 Å². The van der Waals surface area contributed by atoms with Crippen LogP contribution >= 0.6 is 7.14 Å². The average Bonchev–Trinajstić information content (AvgIpc) is 3.38. The maximum Gasteiger partial charge on any atom is 0.137 e. The Labute approximate surface area is 158 Å². The van der Waals surface area contributed by atoms with Gasteiger partial charge in [-0.25, -0.2) is 4.98 Å². The summed E-state index contributed by atoms with van der Waals surface area (Å²) in [4.78, 5) is 7.77. The first-order valence-electron chi connectivity index (χ1n) is 9.44. The van der Waals surface area contributed by atoms with Gasteiger partial charge < -0.3 is 14.9 Å². The van der Waals surface area contributed by atoms with Crippen LogP contribution in [0.1, 0.15) is 24.1 Å². The number of rotatable bonds is 3. The number of aromatic amines is 1. The zero-order valence-corrected chi connectivity index (χ0v) is 16.6. The highest BCUT2D eigenvalue weighted by Gasteiger charge is 2.42. The molecule has 5 heterocycles. The van der Waals surface area contributed by atoms with Crippen LogP contribution in [0.15, 0.2) is 30.3 Å². The van der Waals surface area contributed by atoms with Gasteiger partial charge in [-0.05, 0) is 56.7 Å². The molecular formula is C20H24N5OP. The fraction of sp³-hybridized carbons (Fsp3) is 0.400. The van der Waals surface area contributed by atoms with Crippen molar-refractivity contribution in [1.82, 2.24) is 25.1 Å². The first-order valence-corrected chi connectivity index (χ1v) is 12.1. The molecule has 0 radical (unpaired) electrons. The maximum absolute atomic E-state index is 12.0. The molecule has 1 spiro atoms. The molecule has 27 heavy (non-hydrogen) atoms. The maximum atomic E-state index is 12.0. The van der Waals surface area contributed by atoms with Crippen molar-refractivity contribution in [3.8, 4) is 11.3 Å². The minimum Gasteiger partial charge on any atom is -0.346 e. The lowest BCUT2D eigenvalue weighted by Crippen LogP contribution is -2.25. The summed E-state index contributed by atoms with van der Waals surface area (Å²) in [6.45, 7) is 6.67. The van der Waals surface area contributed by atoms with Crippen LogP contribution in [0, 0.1) is 0 Å². The van der Waals surface area contributed by atoms with E-state index in [0.29, 0.717) is 0 Å². The molecule has 1 atom stereocenters. The van der Waals surface area contributed by atoms with Crippen LogP contribution in [0.2, 0.25) is 0 Å². The van der Waals surface area contributed by atoms with Crippen LogP contribution in [0.3, 0.4) is 0 Å². The van der Waals surface area contributed by atoms with E-state index in [4.69, 9.17) is 5.10 Å². The van der Waals surface area contributed by atoms with Crippen molar-refractivity contribution in [2.24, 2.45) is 0 Å². The first-order chi connectivity index (χ1) is 12.9. The summed E-state index contributed by atoms with van der Waals surface area (Å²) in [5.41, 5.74) is 5.47. The predicted octanol–water partition coefficient (Wildman–Crippen LogP) is 3.65. The van der Waals surface area contributed by atoms with E-state index in [1.807, 2.05) is 18.5 Å². The van der Waals surface area contributed by atoms with Crippen molar-refractivity contribution in [2.45, 2.75) is 24.8 Å². The number of hydrogen-bond acceptors (Lipinski definition) is 4. The van der Waals surface area contributed by atoms with Gasteiger partial charge in [-0.2, -0.15) is 5.10 Å². The van der Waals surface area contributed by atoms with E-state index in [1.165, 1.54) is 18.5 Å². The minimum absolute atomic E-state index is 0.258. The van der Waals surface area contributed by atoms with Gasteiger partial charge in [0.15, 0.2) is 0 Å². The van der Waals surface area contributed by atoms with E-state index >= 15 is 0 Å². The van der Waals surface area contributed by atoms with Crippen LogP contribution in [0.5, 0.6) is 0 Å². The lowest BCUT2D eigenvalue weighted by molar-refractivity contribution is 0.467. The third-order valence-electron chi connectivity index (χ3n) is 5.84. The standard InChI is InChI=1S/C20H24N5OP/c1-27(2,26)8-3-14-11-22-19-16(14)9-15(12-23-19)17-10-18-20(4-6-21-13-20)5-7-25(18)24-17/h3,8-12,21H,4-7,13H2,1-2H3,(H,22,23)/b8-3+. The Morgan fingerprint density at radius 2 is 2.19 bits per heavy atom. The van der Waals surface area contributed by atoms with Crippen molar-refractivity contribution in [2.75, 3.05) is 26.4 Å². The van der Waals surface area contributed by atoms with Gasteiger partial charge in [0.05, 0.1) is 5.69 Å². The van der Waals surface area contributed by atoms with E-state index in [0.717, 1.165) is 47.5 Å². The molecule has 7 heteroatoms. The molecule has 1 saturated heterocycles. The zero-order chi connectivity index (χ0) is 18.6. The van der Waals surface area contributed by atoms with Crippen molar-refractivity contribution in [3.63, 3.8) is 0 Å². The fourth-order valence-electron chi connectivity index (χ4n) is 4.34. The lowest BCUT2D eigenvalue weighted by atomic mass is 9.82. The summed E-state index contributed by atoms with van der Waals surface area (Å²) >= 11 is 0. The summed E-state index contributed by atoms with van der Waals surface area (Å²) in [5.74, 6) is 1.80. The van der Waals surface area contributed by atoms with E-state index < -0.39 is 7.14 Å². The number of pyridine rings is 1. The SMILES string of the molecule is CP(C)(=O)/C=C/c1c[nH]c2ncc(-c3cc4n(n3)CCC43CCNC3)cc12. The monoisotopic (exact) mass is 381 g/mol. The Balaban J connectivity index is 1.55. The molecule has 2 aliphatic rings. The summed E-state index contributed by atoms with van der Waals surface area (Å²) in [6.07, 6.45) is 8.10. The number of nitrogens with one attached hydrogen (secondary N) is 2. The topological polar surface area (TPSA) is 75.6 Å². The van der Waals surface area contributed by atoms with Gasteiger partial charge in [0, 0.05) is 53.1 Å². The van der Waals surface area contributed by atoms with E-state index in [1.54, 1.807) is 19.1 Å². The van der Waals surface area contributed by atoms with Crippen LogP contribution in [-0.4, -0.2) is 46.2 Å². The largest absolute Gasteiger partial charge is 0.346 e. The molecule has 140 valence electrons. The summed E-state index contributed by atoms with van der Waals surface area (Å²) in [6, 6.07) is 4.38. The molecule has 0 aliphatic carbocycles. The minimum atomic E-state index is -2.21. The molecule has 3 aromatic rings. The van der Waals surface area contributed by atoms with Crippen molar-refractivity contribution < 1.29 is 4.57 Å². The zero-order valence-electron chi connectivity index (χ0n) is 15.7. The van der Waals surface area contributed by atoms with Crippen molar-refractivity contribution in [1.29, 1.82) is 0 Å². The predicted molar refractivity (Wildman–Crippen MR) is 110 cm³/mol. The summed E-state index contributed by atoms with van der Waals surface area (Å²) < 4.78 is 14.2. The molecule has 0 amide bonds. The molecule has 0 bridgehead atoms. The molecule has 0 aromatic carbocycles. The van der Waals surface area contributed by atoms with Gasteiger partial charge in [-0.3, -0.25) is 4.68 Å². The van der Waals surface area contributed by atoms with Crippen molar-refractivity contribution >= 4 is 24.3 Å². The van der Waals surface area contributed by atoms with Crippen LogP contribution in [0.4, 0.5) is 0 Å². The highest BCUT2D eigenvalue weighted by atomic mass is 31.2. The Morgan fingerprint density at radius 3 is 2.96 bits per heavy atom. The molecule has 2 N–H and O–H groups in total. The molecule has 1 unspecified atom stereocenters. The second kappa shape index (κ2) is 5.91. The molecule has 2 aliphatic heterocycles. The molecule has 3 aromatic heterocycles. The fourth-order valence-corrected chi connectivity index (χ4v) is 4.86. The average molecular weight is 381 g/mol. The number of aromatic nitrogens is 4. The highest BCUT2D eigenvalue weighted by Crippen LogP contribution is 2.42. The third-order valence-corrected chi connectivity index (χ3v) is 6.71. The van der Waals surface area contributed by atoms with Gasteiger partial charge in [0.1, 0.15) is 12.8 Å². The smallest absolute Gasteiger partial charge is 0.137 e. The number of fused-ring (bicyclic) bond motifs is 3. The summed E-state index contributed by atoms with van der Waals surface area (Å²) in [7, 11) is -2.21. The Morgan fingerprint density at radius 1 is 1.30 bits per heavy atom. The van der Waals surface area contributed by atoms with Gasteiger partial charge in [-0.15, -0.1) is 0 Å². The molecule has 5 rings (SSSR count). The molecule has 0 saturated carbocycles. The third kappa shape index (κ3) is 2.88. The van der Waals surface area contributed by atoms with Gasteiger partial charge in [0.25, 0.3) is 0 Å². The Kier molecular flexibility index (Phi) is 3.72. The number of nitrogens with zero attached hydrogens (tertiary/aromatic N) is 3. The summed E-state index contributed by atoms with van der Waals surface area (Å²) in [5, 5.41) is 9.40. The van der Waals surface area contributed by atoms with Gasteiger partial charge >= 0.3 is 0 Å². The normalized spacial score (nSPS) is 22.4. The highest BCUT2D eigenvalue weighted by molar-refractivity contribution is 7.65. The van der Waals surface area contributed by atoms with Crippen molar-refractivity contribution in [3.05, 3.63) is 41.6 Å². The number of aryl methyl sites for hydroxylation is 1. The quantitative estimate of drug-likeness (QED) is 0.679.